The van der Waals surface area contributed by atoms with Gasteiger partial charge >= 0.3 is 0 Å². The number of H-pyrrole nitrogens is 1. The molecule has 0 bridgehead atoms. The second kappa shape index (κ2) is 7.30. The minimum atomic E-state index is -0.0784. The Hall–Kier alpha value is -2.31. The molecule has 3 rings (SSSR count). The third-order valence-corrected chi connectivity index (χ3v) is 4.22. The van der Waals surface area contributed by atoms with E-state index in [9.17, 15) is 4.79 Å². The first kappa shape index (κ1) is 15.6. The molecule has 0 saturated carbocycles. The maximum atomic E-state index is 12.0. The van der Waals surface area contributed by atoms with Gasteiger partial charge in [-0.05, 0) is 36.2 Å². The Kier molecular flexibility index (Phi) is 4.95. The van der Waals surface area contributed by atoms with Gasteiger partial charge in [-0.2, -0.15) is 0 Å². The van der Waals surface area contributed by atoms with Gasteiger partial charge < -0.3 is 15.4 Å². The summed E-state index contributed by atoms with van der Waals surface area (Å²) in [5.74, 6) is 0.212. The number of rotatable bonds is 6. The number of imidazole rings is 1. The van der Waals surface area contributed by atoms with E-state index in [4.69, 9.17) is 5.11 Å². The van der Waals surface area contributed by atoms with Gasteiger partial charge in [-0.25, -0.2) is 4.98 Å². The van der Waals surface area contributed by atoms with Crippen LogP contribution in [0.25, 0.3) is 11.0 Å². The molecule has 118 valence electrons. The van der Waals surface area contributed by atoms with Crippen molar-refractivity contribution in [1.29, 1.82) is 0 Å². The molecule has 0 aliphatic rings. The Bertz CT molecular complexity index is 766. The fourth-order valence-corrected chi connectivity index (χ4v) is 2.90. The van der Waals surface area contributed by atoms with E-state index in [0.29, 0.717) is 6.42 Å². The molecule has 5 nitrogen and oxygen atoms in total. The van der Waals surface area contributed by atoms with E-state index in [1.54, 1.807) is 0 Å². The zero-order chi connectivity index (χ0) is 16.1. The molecule has 3 N–H and O–H groups in total. The van der Waals surface area contributed by atoms with Gasteiger partial charge in [0.15, 0.2) is 5.16 Å². The molecule has 1 heterocycles. The lowest BCUT2D eigenvalue weighted by atomic mass is 10.1. The van der Waals surface area contributed by atoms with Crippen molar-refractivity contribution in [3.8, 4) is 0 Å². The summed E-state index contributed by atoms with van der Waals surface area (Å²) in [4.78, 5) is 19.6. The summed E-state index contributed by atoms with van der Waals surface area (Å²) in [5.41, 5.74) is 3.66. The molecular weight excluding hydrogens is 310 g/mol. The third-order valence-electron chi connectivity index (χ3n) is 3.35. The van der Waals surface area contributed by atoms with Crippen molar-refractivity contribution in [3.63, 3.8) is 0 Å². The Morgan fingerprint density at radius 2 is 1.96 bits per heavy atom. The normalized spacial score (nSPS) is 10.8. The van der Waals surface area contributed by atoms with Crippen LogP contribution in [0.5, 0.6) is 0 Å². The number of anilines is 1. The van der Waals surface area contributed by atoms with Gasteiger partial charge in [-0.15, -0.1) is 0 Å². The number of hydrogen-bond donors (Lipinski definition) is 3. The van der Waals surface area contributed by atoms with Crippen LogP contribution >= 0.6 is 11.8 Å². The molecule has 0 aliphatic carbocycles. The quantitative estimate of drug-likeness (QED) is 0.608. The zero-order valence-electron chi connectivity index (χ0n) is 12.5. The molecule has 0 fully saturated rings. The fraction of sp³-hybridized carbons (Fsp3) is 0.176. The van der Waals surface area contributed by atoms with Gasteiger partial charge in [0.2, 0.25) is 5.91 Å². The number of thioether (sulfide) groups is 1. The number of nitrogens with one attached hydrogen (secondary N) is 2. The first-order valence-electron chi connectivity index (χ1n) is 7.32. The number of aromatic nitrogens is 2. The van der Waals surface area contributed by atoms with Gasteiger partial charge in [0.25, 0.3) is 0 Å². The molecule has 0 radical (unpaired) electrons. The molecular formula is C17H17N3O2S. The van der Waals surface area contributed by atoms with E-state index in [1.807, 2.05) is 48.5 Å². The van der Waals surface area contributed by atoms with Crippen molar-refractivity contribution in [3.05, 3.63) is 54.1 Å². The Morgan fingerprint density at radius 1 is 1.17 bits per heavy atom. The molecule has 0 saturated heterocycles. The van der Waals surface area contributed by atoms with E-state index in [2.05, 4.69) is 15.3 Å². The maximum Gasteiger partial charge on any atom is 0.234 e. The monoisotopic (exact) mass is 327 g/mol. The van der Waals surface area contributed by atoms with E-state index < -0.39 is 0 Å². The number of fused-ring (bicyclic) bond motifs is 1. The second-order valence-electron chi connectivity index (χ2n) is 5.07. The number of aliphatic hydroxyl groups is 1. The van der Waals surface area contributed by atoms with E-state index in [0.717, 1.165) is 27.4 Å². The van der Waals surface area contributed by atoms with Crippen molar-refractivity contribution in [2.45, 2.75) is 11.6 Å². The van der Waals surface area contributed by atoms with Gasteiger partial charge in [-0.3, -0.25) is 4.79 Å². The number of carbonyl (C=O) groups is 1. The number of benzene rings is 2. The number of hydrogen-bond acceptors (Lipinski definition) is 4. The molecule has 3 aromatic rings. The molecule has 0 aliphatic heterocycles. The lowest BCUT2D eigenvalue weighted by molar-refractivity contribution is -0.113. The Labute approximate surface area is 138 Å². The summed E-state index contributed by atoms with van der Waals surface area (Å²) in [5, 5.41) is 12.5. The van der Waals surface area contributed by atoms with Crippen molar-refractivity contribution in [1.82, 2.24) is 9.97 Å². The molecule has 2 aromatic carbocycles. The summed E-state index contributed by atoms with van der Waals surface area (Å²) < 4.78 is 0. The summed E-state index contributed by atoms with van der Waals surface area (Å²) in [7, 11) is 0. The second-order valence-corrected chi connectivity index (χ2v) is 6.03. The molecule has 0 spiro atoms. The van der Waals surface area contributed by atoms with Crippen LogP contribution in [-0.4, -0.2) is 33.3 Å². The molecule has 6 heteroatoms. The van der Waals surface area contributed by atoms with Crippen molar-refractivity contribution >= 4 is 34.4 Å². The van der Waals surface area contributed by atoms with Gasteiger partial charge in [0, 0.05) is 12.3 Å². The van der Waals surface area contributed by atoms with Gasteiger partial charge in [-0.1, -0.05) is 36.0 Å². The minimum Gasteiger partial charge on any atom is -0.396 e. The van der Waals surface area contributed by atoms with Crippen molar-refractivity contribution in [2.24, 2.45) is 0 Å². The largest absolute Gasteiger partial charge is 0.396 e. The highest BCUT2D eigenvalue weighted by Gasteiger charge is 2.07. The molecule has 0 unspecified atom stereocenters. The molecule has 23 heavy (non-hydrogen) atoms. The number of nitrogens with zero attached hydrogens (tertiary/aromatic N) is 1. The maximum absolute atomic E-state index is 12.0. The summed E-state index contributed by atoms with van der Waals surface area (Å²) in [6.45, 7) is 0.125. The summed E-state index contributed by atoms with van der Waals surface area (Å²) >= 11 is 1.37. The fourth-order valence-electron chi connectivity index (χ4n) is 2.21. The van der Waals surface area contributed by atoms with Gasteiger partial charge in [0.05, 0.1) is 16.8 Å². The van der Waals surface area contributed by atoms with E-state index in [1.165, 1.54) is 11.8 Å². The van der Waals surface area contributed by atoms with E-state index >= 15 is 0 Å². The van der Waals surface area contributed by atoms with Crippen molar-refractivity contribution < 1.29 is 9.90 Å². The number of aliphatic hydroxyl groups excluding tert-OH is 1. The topological polar surface area (TPSA) is 78.0 Å². The molecule has 1 aromatic heterocycles. The minimum absolute atomic E-state index is 0.0784. The van der Waals surface area contributed by atoms with Crippen LogP contribution in [-0.2, 0) is 11.2 Å². The Morgan fingerprint density at radius 3 is 2.70 bits per heavy atom. The summed E-state index contributed by atoms with van der Waals surface area (Å²) in [6, 6.07) is 15.3. The third kappa shape index (κ3) is 4.12. The van der Waals surface area contributed by atoms with Crippen LogP contribution in [0.4, 0.5) is 5.69 Å². The van der Waals surface area contributed by atoms with Crippen LogP contribution < -0.4 is 5.32 Å². The van der Waals surface area contributed by atoms with Crippen molar-refractivity contribution in [2.75, 3.05) is 17.7 Å². The smallest absolute Gasteiger partial charge is 0.234 e. The lowest BCUT2D eigenvalue weighted by Crippen LogP contribution is -2.14. The zero-order valence-corrected chi connectivity index (χ0v) is 13.3. The van der Waals surface area contributed by atoms with Crippen LogP contribution in [0.3, 0.4) is 0 Å². The van der Waals surface area contributed by atoms with Gasteiger partial charge in [0.1, 0.15) is 0 Å². The van der Waals surface area contributed by atoms with Crippen LogP contribution in [0.2, 0.25) is 0 Å². The Balaban J connectivity index is 1.54. The predicted molar refractivity (Wildman–Crippen MR) is 92.7 cm³/mol. The van der Waals surface area contributed by atoms with Crippen LogP contribution in [0, 0.1) is 0 Å². The SMILES string of the molecule is O=C(CSc1nc2ccccc2[nH]1)Nc1ccc(CCO)cc1. The van der Waals surface area contributed by atoms with Crippen LogP contribution in [0.15, 0.2) is 53.7 Å². The number of carbonyl (C=O) groups excluding carboxylic acids is 1. The number of para-hydroxylation sites is 2. The standard InChI is InChI=1S/C17H17N3O2S/c21-10-9-12-5-7-13(8-6-12)18-16(22)11-23-17-19-14-3-1-2-4-15(14)20-17/h1-8,21H,9-11H2,(H,18,22)(H,19,20). The first-order chi connectivity index (χ1) is 11.2. The van der Waals surface area contributed by atoms with Crippen LogP contribution in [0.1, 0.15) is 5.56 Å². The number of amides is 1. The highest BCUT2D eigenvalue weighted by Crippen LogP contribution is 2.19. The first-order valence-corrected chi connectivity index (χ1v) is 8.30. The average molecular weight is 327 g/mol. The predicted octanol–water partition coefficient (Wildman–Crippen LogP) is 2.83. The average Bonchev–Trinajstić information content (AvgIpc) is 2.98. The molecule has 0 atom stereocenters. The summed E-state index contributed by atoms with van der Waals surface area (Å²) in [6.07, 6.45) is 0.621. The number of aromatic amines is 1. The lowest BCUT2D eigenvalue weighted by Gasteiger charge is -2.05. The molecule has 1 amide bonds. The van der Waals surface area contributed by atoms with E-state index in [-0.39, 0.29) is 18.3 Å². The highest BCUT2D eigenvalue weighted by molar-refractivity contribution is 7.99. The highest BCUT2D eigenvalue weighted by atomic mass is 32.2.